The zero-order valence-electron chi connectivity index (χ0n) is 16.5. The van der Waals surface area contributed by atoms with Crippen molar-refractivity contribution in [2.75, 3.05) is 0 Å². The molecule has 4 heterocycles. The number of nitriles is 1. The second-order valence-electron chi connectivity index (χ2n) is 7.53. The van der Waals surface area contributed by atoms with Crippen LogP contribution in [0.2, 0.25) is 0 Å². The minimum absolute atomic E-state index is 0.0131. The molecule has 0 spiro atoms. The summed E-state index contributed by atoms with van der Waals surface area (Å²) in [7, 11) is 0. The molecule has 0 aliphatic heterocycles. The fourth-order valence-corrected chi connectivity index (χ4v) is 3.98. The molecule has 1 aliphatic carbocycles. The maximum absolute atomic E-state index is 13.3. The molecule has 0 amide bonds. The molecule has 0 unspecified atom stereocenters. The summed E-state index contributed by atoms with van der Waals surface area (Å²) in [5.41, 5.74) is 0.411. The molecule has 0 aromatic carbocycles. The van der Waals surface area contributed by atoms with Gasteiger partial charge in [0.15, 0.2) is 11.3 Å². The van der Waals surface area contributed by atoms with E-state index in [1.165, 1.54) is 10.7 Å². The van der Waals surface area contributed by atoms with Crippen molar-refractivity contribution < 1.29 is 4.39 Å². The van der Waals surface area contributed by atoms with E-state index in [-0.39, 0.29) is 22.9 Å². The topological polar surface area (TPSA) is 126 Å². The molecule has 3 atom stereocenters. The molecule has 4 aromatic rings. The summed E-state index contributed by atoms with van der Waals surface area (Å²) in [5, 5.41) is 13.9. The average molecular weight is 416 g/mol. The van der Waals surface area contributed by atoms with Gasteiger partial charge in [0.05, 0.1) is 17.9 Å². The zero-order chi connectivity index (χ0) is 21.5. The van der Waals surface area contributed by atoms with Crippen LogP contribution < -0.4 is 5.56 Å². The Bertz CT molecular complexity index is 1360. The largest absolute Gasteiger partial charge is 0.310 e. The van der Waals surface area contributed by atoms with E-state index >= 15 is 0 Å². The summed E-state index contributed by atoms with van der Waals surface area (Å²) < 4.78 is 14.8. The lowest BCUT2D eigenvalue weighted by Gasteiger charge is -2.34. The molecule has 10 heteroatoms. The summed E-state index contributed by atoms with van der Waals surface area (Å²) >= 11 is 0. The maximum atomic E-state index is 13.3. The van der Waals surface area contributed by atoms with Crippen LogP contribution in [0.4, 0.5) is 4.39 Å². The van der Waals surface area contributed by atoms with Gasteiger partial charge in [-0.15, -0.1) is 0 Å². The average Bonchev–Trinajstić information content (AvgIpc) is 3.13. The summed E-state index contributed by atoms with van der Waals surface area (Å²) in [6.45, 7) is 1.81. The van der Waals surface area contributed by atoms with E-state index in [0.717, 1.165) is 24.9 Å². The second-order valence-corrected chi connectivity index (χ2v) is 7.53. The fourth-order valence-electron chi connectivity index (χ4n) is 3.98. The second kappa shape index (κ2) is 7.36. The lowest BCUT2D eigenvalue weighted by Crippen LogP contribution is -2.28. The van der Waals surface area contributed by atoms with Gasteiger partial charge in [0, 0.05) is 24.2 Å². The summed E-state index contributed by atoms with van der Waals surface area (Å²) in [4.78, 5) is 33.2. The molecule has 1 saturated carbocycles. The highest BCUT2D eigenvalue weighted by Crippen LogP contribution is 2.46. The molecule has 1 N–H and O–H groups in total. The predicted octanol–water partition coefficient (Wildman–Crippen LogP) is 2.59. The SMILES string of the molecule is C[C@@H](c1ccc(F)cn1)n1nc(C#N)c2c(=O)[nH]c([C@@H]3CC[C@H]3c3ncccn3)nc21. The van der Waals surface area contributed by atoms with Crippen LogP contribution in [-0.4, -0.2) is 34.7 Å². The number of rotatable bonds is 4. The Morgan fingerprint density at radius 2 is 2.00 bits per heavy atom. The summed E-state index contributed by atoms with van der Waals surface area (Å²) in [6, 6.07) is 6.12. The van der Waals surface area contributed by atoms with Gasteiger partial charge in [-0.25, -0.2) is 24.0 Å². The predicted molar refractivity (Wildman–Crippen MR) is 108 cm³/mol. The third kappa shape index (κ3) is 3.15. The van der Waals surface area contributed by atoms with Gasteiger partial charge in [0.1, 0.15) is 28.9 Å². The molecule has 9 nitrogen and oxygen atoms in total. The Morgan fingerprint density at radius 3 is 2.65 bits per heavy atom. The van der Waals surface area contributed by atoms with Crippen molar-refractivity contribution in [3.8, 4) is 6.07 Å². The standard InChI is InChI=1S/C21H17FN8O/c1-11(15-6-3-12(22)10-26-15)30-20-17(16(9-23)29-30)21(31)28-19(27-20)14-5-4-13(14)18-24-7-2-8-25-18/h2-3,6-8,10-11,13-14H,4-5H2,1H3,(H,27,28,31)/t11-,13+,14+/m0/s1. The number of halogens is 1. The lowest BCUT2D eigenvalue weighted by molar-refractivity contribution is 0.318. The lowest BCUT2D eigenvalue weighted by atomic mass is 9.72. The van der Waals surface area contributed by atoms with E-state index in [4.69, 9.17) is 4.98 Å². The van der Waals surface area contributed by atoms with Crippen LogP contribution in [0.25, 0.3) is 11.0 Å². The number of hydrogen-bond acceptors (Lipinski definition) is 7. The minimum Gasteiger partial charge on any atom is -0.310 e. The van der Waals surface area contributed by atoms with Crippen molar-refractivity contribution in [2.45, 2.75) is 37.6 Å². The molecule has 1 fully saturated rings. The van der Waals surface area contributed by atoms with Gasteiger partial charge in [-0.1, -0.05) is 0 Å². The van der Waals surface area contributed by atoms with Gasteiger partial charge < -0.3 is 4.98 Å². The molecule has 31 heavy (non-hydrogen) atoms. The Morgan fingerprint density at radius 1 is 1.23 bits per heavy atom. The first-order chi connectivity index (χ1) is 15.1. The molecule has 0 bridgehead atoms. The number of H-pyrrole nitrogens is 1. The van der Waals surface area contributed by atoms with Crippen LogP contribution >= 0.6 is 0 Å². The first kappa shape index (κ1) is 19.0. The van der Waals surface area contributed by atoms with Crippen LogP contribution in [0, 0.1) is 17.1 Å². The van der Waals surface area contributed by atoms with Crippen molar-refractivity contribution in [1.29, 1.82) is 5.26 Å². The van der Waals surface area contributed by atoms with Gasteiger partial charge in [0.25, 0.3) is 5.56 Å². The van der Waals surface area contributed by atoms with E-state index in [1.54, 1.807) is 31.5 Å². The molecule has 154 valence electrons. The van der Waals surface area contributed by atoms with Crippen molar-refractivity contribution in [1.82, 2.24) is 34.7 Å². The molecular formula is C21H17FN8O. The zero-order valence-corrected chi connectivity index (χ0v) is 16.5. The number of aromatic nitrogens is 7. The van der Waals surface area contributed by atoms with Gasteiger partial charge in [-0.3, -0.25) is 9.78 Å². The van der Waals surface area contributed by atoms with Crippen LogP contribution in [0.3, 0.4) is 0 Å². The van der Waals surface area contributed by atoms with Gasteiger partial charge in [0.2, 0.25) is 0 Å². The Labute approximate surface area is 175 Å². The number of pyridine rings is 1. The molecule has 4 aromatic heterocycles. The quantitative estimate of drug-likeness (QED) is 0.542. The Hall–Kier alpha value is -4.00. The van der Waals surface area contributed by atoms with Crippen molar-refractivity contribution >= 4 is 11.0 Å². The van der Waals surface area contributed by atoms with Crippen LogP contribution in [0.15, 0.2) is 41.6 Å². The van der Waals surface area contributed by atoms with E-state index in [0.29, 0.717) is 17.2 Å². The molecule has 0 radical (unpaired) electrons. The molecule has 1 aliphatic rings. The van der Waals surface area contributed by atoms with Crippen molar-refractivity contribution in [2.24, 2.45) is 0 Å². The number of hydrogen-bond donors (Lipinski definition) is 1. The third-order valence-corrected chi connectivity index (χ3v) is 5.77. The molecule has 5 rings (SSSR count). The fraction of sp³-hybridized carbons (Fsp3) is 0.286. The summed E-state index contributed by atoms with van der Waals surface area (Å²) in [5.74, 6) is 0.815. The van der Waals surface area contributed by atoms with Gasteiger partial charge in [-0.2, -0.15) is 10.4 Å². The highest BCUT2D eigenvalue weighted by Gasteiger charge is 2.37. The number of aromatic amines is 1. The molecular weight excluding hydrogens is 399 g/mol. The highest BCUT2D eigenvalue weighted by molar-refractivity contribution is 5.80. The van der Waals surface area contributed by atoms with E-state index in [9.17, 15) is 14.4 Å². The number of nitrogens with one attached hydrogen (secondary N) is 1. The Balaban J connectivity index is 1.61. The van der Waals surface area contributed by atoms with E-state index < -0.39 is 17.4 Å². The molecule has 0 saturated heterocycles. The number of fused-ring (bicyclic) bond motifs is 1. The maximum Gasteiger partial charge on any atom is 0.263 e. The summed E-state index contributed by atoms with van der Waals surface area (Å²) in [6.07, 6.45) is 6.25. The van der Waals surface area contributed by atoms with Crippen LogP contribution in [0.5, 0.6) is 0 Å². The van der Waals surface area contributed by atoms with E-state index in [2.05, 4.69) is 25.0 Å². The van der Waals surface area contributed by atoms with Crippen molar-refractivity contribution in [3.63, 3.8) is 0 Å². The first-order valence-electron chi connectivity index (χ1n) is 9.87. The van der Waals surface area contributed by atoms with Crippen LogP contribution in [-0.2, 0) is 0 Å². The van der Waals surface area contributed by atoms with Gasteiger partial charge >= 0.3 is 0 Å². The number of nitrogens with zero attached hydrogens (tertiary/aromatic N) is 7. The monoisotopic (exact) mass is 416 g/mol. The third-order valence-electron chi connectivity index (χ3n) is 5.77. The van der Waals surface area contributed by atoms with E-state index in [1.807, 2.05) is 6.07 Å². The van der Waals surface area contributed by atoms with Crippen molar-refractivity contribution in [3.05, 3.63) is 76.0 Å². The highest BCUT2D eigenvalue weighted by atomic mass is 19.1. The Kier molecular flexibility index (Phi) is 4.51. The van der Waals surface area contributed by atoms with Gasteiger partial charge in [-0.05, 0) is 38.0 Å². The first-order valence-corrected chi connectivity index (χ1v) is 9.87. The normalized spacial score (nSPS) is 19.0. The smallest absolute Gasteiger partial charge is 0.263 e. The minimum atomic E-state index is -0.456. The van der Waals surface area contributed by atoms with Crippen LogP contribution in [0.1, 0.15) is 60.7 Å².